The van der Waals surface area contributed by atoms with Crippen molar-refractivity contribution in [1.82, 2.24) is 9.88 Å². The van der Waals surface area contributed by atoms with Gasteiger partial charge in [0.1, 0.15) is 0 Å². The van der Waals surface area contributed by atoms with Crippen molar-refractivity contribution in [2.75, 3.05) is 18.8 Å². The summed E-state index contributed by atoms with van der Waals surface area (Å²) in [6, 6.07) is 8.28. The Morgan fingerprint density at radius 2 is 2.04 bits per heavy atom. The number of benzene rings is 1. The normalized spacial score (nSPS) is 18.1. The number of carbonyl (C=O) groups is 2. The fourth-order valence-electron chi connectivity index (χ4n) is 2.88. The van der Waals surface area contributed by atoms with Crippen LogP contribution >= 0.6 is 0 Å². The number of rotatable bonds is 5. The van der Waals surface area contributed by atoms with Crippen molar-refractivity contribution in [3.63, 3.8) is 0 Å². The van der Waals surface area contributed by atoms with Crippen LogP contribution in [0.2, 0.25) is 0 Å². The first-order valence-electron chi connectivity index (χ1n) is 8.52. The molecule has 1 saturated heterocycles. The molecule has 0 spiro atoms. The second-order valence-electron chi connectivity index (χ2n) is 6.72. The summed E-state index contributed by atoms with van der Waals surface area (Å²) < 4.78 is 34.0. The molecule has 1 atom stereocenters. The van der Waals surface area contributed by atoms with E-state index in [2.05, 4.69) is 4.98 Å². The second kappa shape index (κ2) is 7.41. The number of hydrogen-bond acceptors (Lipinski definition) is 5. The lowest BCUT2D eigenvalue weighted by molar-refractivity contribution is -0.131. The molecule has 0 aliphatic carbocycles. The number of amides is 1. The first-order chi connectivity index (χ1) is 13.2. The zero-order valence-corrected chi connectivity index (χ0v) is 15.1. The number of pyridine rings is 1. The minimum absolute atomic E-state index is 0.00126. The summed E-state index contributed by atoms with van der Waals surface area (Å²) in [6.07, 6.45) is -0.640. The van der Waals surface area contributed by atoms with E-state index in [4.69, 9.17) is 15.6 Å². The van der Waals surface area contributed by atoms with Crippen LogP contribution in [-0.2, 0) is 11.2 Å². The van der Waals surface area contributed by atoms with Gasteiger partial charge in [-0.2, -0.15) is 0 Å². The number of carbonyl (C=O) groups excluding carboxylic acids is 1. The Hall–Kier alpha value is -3.23. The van der Waals surface area contributed by atoms with Crippen molar-refractivity contribution in [2.24, 2.45) is 0 Å². The molecule has 28 heavy (non-hydrogen) atoms. The minimum atomic E-state index is -3.31. The average Bonchev–Trinajstić information content (AvgIpc) is 2.93. The average molecular weight is 391 g/mol. The van der Waals surface area contributed by atoms with Crippen molar-refractivity contribution in [3.8, 4) is 5.75 Å². The lowest BCUT2D eigenvalue weighted by atomic mass is 10.1. The van der Waals surface area contributed by atoms with Crippen molar-refractivity contribution < 1.29 is 28.2 Å². The highest BCUT2D eigenvalue weighted by Gasteiger charge is 2.51. The number of anilines is 1. The maximum absolute atomic E-state index is 14.4. The van der Waals surface area contributed by atoms with Crippen LogP contribution in [0, 0.1) is 6.92 Å². The molecule has 3 rings (SSSR count). The number of nitrogen functional groups attached to an aromatic ring is 1. The molecule has 0 bridgehead atoms. The summed E-state index contributed by atoms with van der Waals surface area (Å²) >= 11 is 0. The molecular formula is C19H19F2N3O4. The Labute approximate surface area is 159 Å². The molecule has 0 radical (unpaired) electrons. The molecule has 1 aliphatic rings. The van der Waals surface area contributed by atoms with Gasteiger partial charge in [0.05, 0.1) is 25.1 Å². The summed E-state index contributed by atoms with van der Waals surface area (Å²) in [6.45, 7) is 0.789. The van der Waals surface area contributed by atoms with Crippen LogP contribution in [0.4, 0.5) is 14.6 Å². The van der Waals surface area contributed by atoms with Crippen molar-refractivity contribution in [3.05, 3.63) is 53.2 Å². The number of carboxylic acids is 1. The number of nitrogens with zero attached hydrogens (tertiary/aromatic N) is 2. The molecule has 7 nitrogen and oxygen atoms in total. The Bertz CT molecular complexity index is 903. The molecule has 3 N–H and O–H groups in total. The summed E-state index contributed by atoms with van der Waals surface area (Å²) in [5.74, 6) is -5.50. The van der Waals surface area contributed by atoms with Crippen molar-refractivity contribution in [2.45, 2.75) is 25.4 Å². The highest BCUT2D eigenvalue weighted by molar-refractivity contribution is 5.88. The van der Waals surface area contributed by atoms with Gasteiger partial charge in [-0.25, -0.2) is 18.6 Å². The van der Waals surface area contributed by atoms with Gasteiger partial charge in [-0.1, -0.05) is 29.8 Å². The van der Waals surface area contributed by atoms with E-state index >= 15 is 0 Å². The third-order valence-electron chi connectivity index (χ3n) is 4.49. The van der Waals surface area contributed by atoms with E-state index in [0.29, 0.717) is 0 Å². The zero-order valence-electron chi connectivity index (χ0n) is 15.1. The Kier molecular flexibility index (Phi) is 5.17. The van der Waals surface area contributed by atoms with Crippen LogP contribution in [0.25, 0.3) is 0 Å². The number of halogens is 2. The predicted octanol–water partition coefficient (Wildman–Crippen LogP) is 2.14. The van der Waals surface area contributed by atoms with Crippen LogP contribution in [0.15, 0.2) is 36.5 Å². The first-order valence-corrected chi connectivity index (χ1v) is 8.52. The van der Waals surface area contributed by atoms with E-state index in [0.717, 1.165) is 28.3 Å². The van der Waals surface area contributed by atoms with E-state index in [9.17, 15) is 18.4 Å². The van der Waals surface area contributed by atoms with Gasteiger partial charge in [-0.05, 0) is 12.5 Å². The van der Waals surface area contributed by atoms with E-state index in [1.165, 1.54) is 0 Å². The van der Waals surface area contributed by atoms with Gasteiger partial charge in [0.2, 0.25) is 5.91 Å². The highest BCUT2D eigenvalue weighted by Crippen LogP contribution is 2.33. The van der Waals surface area contributed by atoms with E-state index in [1.54, 1.807) is 12.1 Å². The summed E-state index contributed by atoms with van der Waals surface area (Å²) in [7, 11) is 0. The molecule has 0 saturated carbocycles. The van der Waals surface area contributed by atoms with Crippen LogP contribution in [-0.4, -0.2) is 52.0 Å². The van der Waals surface area contributed by atoms with Crippen molar-refractivity contribution >= 4 is 17.7 Å². The second-order valence-corrected chi connectivity index (χ2v) is 6.72. The molecule has 1 aromatic carbocycles. The Balaban J connectivity index is 1.72. The number of carboxylic acid groups (broad SMARTS) is 1. The smallest absolute Gasteiger partial charge is 0.337 e. The Morgan fingerprint density at radius 1 is 1.36 bits per heavy atom. The van der Waals surface area contributed by atoms with Gasteiger partial charge in [-0.3, -0.25) is 4.79 Å². The first kappa shape index (κ1) is 19.5. The number of aromatic carboxylic acids is 1. The maximum Gasteiger partial charge on any atom is 0.337 e. The standard InChI is InChI=1S/C19H19F2N3O4/c1-11-2-4-12(5-3-11)6-16(25)24-9-15(19(20,21)10-24)28-14-7-13(18(26)27)8-23-17(14)22/h2-5,7-8,15H,6,9-10H2,1H3,(H2,22,23)(H,26,27). The number of aryl methyl sites for hydroxylation is 1. The summed E-state index contributed by atoms with van der Waals surface area (Å²) in [5, 5.41) is 9.00. The highest BCUT2D eigenvalue weighted by atomic mass is 19.3. The molecule has 1 aromatic heterocycles. The van der Waals surface area contributed by atoms with Crippen LogP contribution in [0.1, 0.15) is 21.5 Å². The van der Waals surface area contributed by atoms with E-state index in [1.807, 2.05) is 19.1 Å². The monoisotopic (exact) mass is 391 g/mol. The Morgan fingerprint density at radius 3 is 2.68 bits per heavy atom. The number of hydrogen-bond donors (Lipinski definition) is 2. The summed E-state index contributed by atoms with van der Waals surface area (Å²) in [4.78, 5) is 28.1. The largest absolute Gasteiger partial charge is 0.478 e. The molecule has 1 amide bonds. The van der Waals surface area contributed by atoms with Gasteiger partial charge in [0.25, 0.3) is 0 Å². The topological polar surface area (TPSA) is 106 Å². The third-order valence-corrected chi connectivity index (χ3v) is 4.49. The molecule has 1 fully saturated rings. The number of nitrogens with two attached hydrogens (primary N) is 1. The number of ether oxygens (including phenoxy) is 1. The van der Waals surface area contributed by atoms with Gasteiger partial charge in [-0.15, -0.1) is 0 Å². The molecule has 148 valence electrons. The fourth-order valence-corrected chi connectivity index (χ4v) is 2.88. The predicted molar refractivity (Wildman–Crippen MR) is 96.4 cm³/mol. The van der Waals surface area contributed by atoms with Crippen LogP contribution < -0.4 is 10.5 Å². The van der Waals surface area contributed by atoms with Crippen molar-refractivity contribution in [1.29, 1.82) is 0 Å². The molecule has 2 aromatic rings. The lowest BCUT2D eigenvalue weighted by Gasteiger charge is -2.19. The summed E-state index contributed by atoms with van der Waals surface area (Å²) in [5.41, 5.74) is 7.13. The molecular weight excluding hydrogens is 372 g/mol. The van der Waals surface area contributed by atoms with Gasteiger partial charge < -0.3 is 20.5 Å². The van der Waals surface area contributed by atoms with Crippen LogP contribution in [0.3, 0.4) is 0 Å². The molecule has 2 heterocycles. The molecule has 1 unspecified atom stereocenters. The minimum Gasteiger partial charge on any atom is -0.478 e. The fraction of sp³-hybridized carbons (Fsp3) is 0.316. The number of likely N-dealkylation sites (tertiary alicyclic amines) is 1. The molecule has 9 heteroatoms. The SMILES string of the molecule is Cc1ccc(CC(=O)N2CC(Oc3cc(C(=O)O)cnc3N)C(F)(F)C2)cc1. The van der Waals surface area contributed by atoms with Crippen LogP contribution in [0.5, 0.6) is 5.75 Å². The molecule has 1 aliphatic heterocycles. The van der Waals surface area contributed by atoms with Gasteiger partial charge in [0, 0.05) is 12.3 Å². The number of alkyl halides is 2. The third kappa shape index (κ3) is 4.19. The van der Waals surface area contributed by atoms with E-state index < -0.39 is 30.4 Å². The maximum atomic E-state index is 14.4. The van der Waals surface area contributed by atoms with Gasteiger partial charge in [0.15, 0.2) is 17.7 Å². The number of aromatic nitrogens is 1. The van der Waals surface area contributed by atoms with Gasteiger partial charge >= 0.3 is 11.9 Å². The quantitative estimate of drug-likeness (QED) is 0.809. The lowest BCUT2D eigenvalue weighted by Crippen LogP contribution is -2.36. The zero-order chi connectivity index (χ0) is 20.5. The van der Waals surface area contributed by atoms with E-state index in [-0.39, 0.29) is 30.1 Å².